The molecule has 0 unspecified atom stereocenters. The van der Waals surface area contributed by atoms with Crippen molar-refractivity contribution in [1.29, 1.82) is 0 Å². The van der Waals surface area contributed by atoms with Crippen LogP contribution in [-0.4, -0.2) is 31.7 Å². The molecule has 0 aliphatic heterocycles. The SMILES string of the molecule is CCNc1ncccc1CSc1nnnn1C. The van der Waals surface area contributed by atoms with Crippen LogP contribution in [0.5, 0.6) is 0 Å². The van der Waals surface area contributed by atoms with Crippen LogP contribution >= 0.6 is 11.8 Å². The molecule has 0 spiro atoms. The molecule has 0 saturated heterocycles. The highest BCUT2D eigenvalue weighted by Crippen LogP contribution is 2.22. The number of anilines is 1. The number of nitrogens with one attached hydrogen (secondary N) is 1. The number of rotatable bonds is 5. The van der Waals surface area contributed by atoms with Gasteiger partial charge in [-0.15, -0.1) is 5.10 Å². The maximum Gasteiger partial charge on any atom is 0.209 e. The van der Waals surface area contributed by atoms with Crippen molar-refractivity contribution in [2.45, 2.75) is 17.8 Å². The first-order valence-electron chi connectivity index (χ1n) is 5.34. The fourth-order valence-corrected chi connectivity index (χ4v) is 2.20. The van der Waals surface area contributed by atoms with E-state index in [1.165, 1.54) is 0 Å². The second-order valence-electron chi connectivity index (χ2n) is 3.42. The Morgan fingerprint density at radius 3 is 3.06 bits per heavy atom. The Bertz CT molecular complexity index is 483. The zero-order valence-corrected chi connectivity index (χ0v) is 10.6. The molecule has 0 atom stereocenters. The van der Waals surface area contributed by atoms with E-state index in [9.17, 15) is 0 Å². The summed E-state index contributed by atoms with van der Waals surface area (Å²) in [6.07, 6.45) is 1.79. The average molecular weight is 250 g/mol. The van der Waals surface area contributed by atoms with E-state index in [1.807, 2.05) is 13.1 Å². The van der Waals surface area contributed by atoms with Gasteiger partial charge in [-0.2, -0.15) is 0 Å². The van der Waals surface area contributed by atoms with Crippen molar-refractivity contribution >= 4 is 17.6 Å². The smallest absolute Gasteiger partial charge is 0.209 e. The lowest BCUT2D eigenvalue weighted by Gasteiger charge is -2.08. The number of hydrogen-bond acceptors (Lipinski definition) is 6. The van der Waals surface area contributed by atoms with Gasteiger partial charge in [0.05, 0.1) is 0 Å². The lowest BCUT2D eigenvalue weighted by Crippen LogP contribution is -2.02. The topological polar surface area (TPSA) is 68.5 Å². The summed E-state index contributed by atoms with van der Waals surface area (Å²) in [4.78, 5) is 4.31. The summed E-state index contributed by atoms with van der Waals surface area (Å²) in [5.74, 6) is 1.72. The first kappa shape index (κ1) is 11.8. The Balaban J connectivity index is 2.06. The summed E-state index contributed by atoms with van der Waals surface area (Å²) in [5, 5.41) is 15.4. The molecule has 7 heteroatoms. The minimum atomic E-state index is 0.796. The molecule has 0 aromatic carbocycles. The number of tetrazole rings is 1. The molecule has 2 aromatic rings. The molecular weight excluding hydrogens is 236 g/mol. The number of pyridine rings is 1. The normalized spacial score (nSPS) is 10.5. The monoisotopic (exact) mass is 250 g/mol. The summed E-state index contributed by atoms with van der Waals surface area (Å²) in [5.41, 5.74) is 1.15. The Kier molecular flexibility index (Phi) is 3.92. The maximum absolute atomic E-state index is 4.31. The van der Waals surface area contributed by atoms with Crippen LogP contribution in [0, 0.1) is 0 Å². The Morgan fingerprint density at radius 2 is 2.35 bits per heavy atom. The average Bonchev–Trinajstić information content (AvgIpc) is 2.74. The molecule has 90 valence electrons. The van der Waals surface area contributed by atoms with Crippen LogP contribution in [0.2, 0.25) is 0 Å². The Morgan fingerprint density at radius 1 is 1.47 bits per heavy atom. The maximum atomic E-state index is 4.31. The van der Waals surface area contributed by atoms with E-state index < -0.39 is 0 Å². The standard InChI is InChI=1S/C10H14N6S/c1-3-11-9-8(5-4-6-12-9)7-17-10-13-14-15-16(10)2/h4-6H,3,7H2,1-2H3,(H,11,12). The molecule has 0 bridgehead atoms. The third-order valence-electron chi connectivity index (χ3n) is 2.17. The highest BCUT2D eigenvalue weighted by atomic mass is 32.2. The van der Waals surface area contributed by atoms with Crippen molar-refractivity contribution in [3.63, 3.8) is 0 Å². The number of nitrogens with zero attached hydrogens (tertiary/aromatic N) is 5. The molecule has 0 saturated carbocycles. The molecule has 0 aliphatic carbocycles. The fourth-order valence-electron chi connectivity index (χ4n) is 1.37. The number of aryl methyl sites for hydroxylation is 1. The van der Waals surface area contributed by atoms with Crippen molar-refractivity contribution in [2.24, 2.45) is 7.05 Å². The number of hydrogen-bond donors (Lipinski definition) is 1. The van der Waals surface area contributed by atoms with Crippen LogP contribution in [0.15, 0.2) is 23.5 Å². The van der Waals surface area contributed by atoms with E-state index in [1.54, 1.807) is 22.6 Å². The molecule has 0 fully saturated rings. The highest BCUT2D eigenvalue weighted by Gasteiger charge is 2.06. The molecule has 0 amide bonds. The van der Waals surface area contributed by atoms with Gasteiger partial charge >= 0.3 is 0 Å². The van der Waals surface area contributed by atoms with Gasteiger partial charge in [0.1, 0.15) is 5.82 Å². The molecule has 6 nitrogen and oxygen atoms in total. The fraction of sp³-hybridized carbons (Fsp3) is 0.400. The molecule has 0 radical (unpaired) electrons. The minimum Gasteiger partial charge on any atom is -0.370 e. The summed E-state index contributed by atoms with van der Waals surface area (Å²) >= 11 is 1.59. The molecule has 2 heterocycles. The van der Waals surface area contributed by atoms with E-state index >= 15 is 0 Å². The van der Waals surface area contributed by atoms with Gasteiger partial charge in [-0.05, 0) is 23.4 Å². The molecule has 17 heavy (non-hydrogen) atoms. The second kappa shape index (κ2) is 5.62. The van der Waals surface area contributed by atoms with E-state index in [2.05, 4.69) is 38.8 Å². The zero-order valence-electron chi connectivity index (χ0n) is 9.79. The van der Waals surface area contributed by atoms with Crippen molar-refractivity contribution in [1.82, 2.24) is 25.2 Å². The Labute approximate surface area is 104 Å². The van der Waals surface area contributed by atoms with Crippen LogP contribution < -0.4 is 5.32 Å². The largest absolute Gasteiger partial charge is 0.370 e. The van der Waals surface area contributed by atoms with Gasteiger partial charge < -0.3 is 5.32 Å². The summed E-state index contributed by atoms with van der Waals surface area (Å²) in [6, 6.07) is 3.99. The van der Waals surface area contributed by atoms with Crippen molar-refractivity contribution in [3.8, 4) is 0 Å². The van der Waals surface area contributed by atoms with Crippen LogP contribution in [0.25, 0.3) is 0 Å². The second-order valence-corrected chi connectivity index (χ2v) is 4.36. The van der Waals surface area contributed by atoms with Crippen molar-refractivity contribution < 1.29 is 0 Å². The third kappa shape index (κ3) is 2.94. The molecule has 2 aromatic heterocycles. The van der Waals surface area contributed by atoms with E-state index in [-0.39, 0.29) is 0 Å². The first-order chi connectivity index (χ1) is 8.31. The molecule has 2 rings (SSSR count). The molecule has 1 N–H and O–H groups in total. The van der Waals surface area contributed by atoms with Crippen molar-refractivity contribution in [2.75, 3.05) is 11.9 Å². The van der Waals surface area contributed by atoms with E-state index in [4.69, 9.17) is 0 Å². The summed E-state index contributed by atoms with van der Waals surface area (Å²) in [7, 11) is 1.83. The lowest BCUT2D eigenvalue weighted by atomic mass is 10.3. The first-order valence-corrected chi connectivity index (χ1v) is 6.32. The molecular formula is C10H14N6S. The third-order valence-corrected chi connectivity index (χ3v) is 3.23. The summed E-state index contributed by atoms with van der Waals surface area (Å²) < 4.78 is 1.66. The van der Waals surface area contributed by atoms with Crippen molar-refractivity contribution in [3.05, 3.63) is 23.9 Å². The van der Waals surface area contributed by atoms with Crippen LogP contribution in [0.4, 0.5) is 5.82 Å². The van der Waals surface area contributed by atoms with E-state index in [0.29, 0.717) is 0 Å². The molecule has 0 aliphatic rings. The van der Waals surface area contributed by atoms with Gasteiger partial charge in [-0.3, -0.25) is 0 Å². The number of aromatic nitrogens is 5. The van der Waals surface area contributed by atoms with Crippen LogP contribution in [0.1, 0.15) is 12.5 Å². The van der Waals surface area contributed by atoms with Gasteiger partial charge in [-0.1, -0.05) is 17.8 Å². The zero-order chi connectivity index (χ0) is 12.1. The Hall–Kier alpha value is -1.63. The van der Waals surface area contributed by atoms with Gasteiger partial charge in [0.2, 0.25) is 5.16 Å². The summed E-state index contributed by atoms with van der Waals surface area (Å²) in [6.45, 7) is 2.92. The lowest BCUT2D eigenvalue weighted by molar-refractivity contribution is 0.664. The quantitative estimate of drug-likeness (QED) is 0.807. The van der Waals surface area contributed by atoms with Gasteiger partial charge in [0.15, 0.2) is 0 Å². The predicted molar refractivity (Wildman–Crippen MR) is 66.8 cm³/mol. The van der Waals surface area contributed by atoms with Gasteiger partial charge in [-0.25, -0.2) is 9.67 Å². The van der Waals surface area contributed by atoms with Gasteiger partial charge in [0.25, 0.3) is 0 Å². The minimum absolute atomic E-state index is 0.796. The predicted octanol–water partition coefficient (Wildman–Crippen LogP) is 1.33. The van der Waals surface area contributed by atoms with Gasteiger partial charge in [0, 0.05) is 31.1 Å². The number of thioether (sulfide) groups is 1. The van der Waals surface area contributed by atoms with Crippen LogP contribution in [-0.2, 0) is 12.8 Å². The highest BCUT2D eigenvalue weighted by molar-refractivity contribution is 7.98. The van der Waals surface area contributed by atoms with Crippen LogP contribution in [0.3, 0.4) is 0 Å². The van der Waals surface area contributed by atoms with E-state index in [0.717, 1.165) is 28.8 Å².